The minimum absolute atomic E-state index is 0.165. The molecule has 1 amide bonds. The third kappa shape index (κ3) is 3.14. The topological polar surface area (TPSA) is 23.6 Å². The van der Waals surface area contributed by atoms with Gasteiger partial charge >= 0.3 is 0 Å². The van der Waals surface area contributed by atoms with Gasteiger partial charge < -0.3 is 4.90 Å². The van der Waals surface area contributed by atoms with Gasteiger partial charge in [-0.05, 0) is 40.9 Å². The molecule has 1 saturated heterocycles. The van der Waals surface area contributed by atoms with Crippen molar-refractivity contribution in [2.75, 3.05) is 26.2 Å². The Balaban J connectivity index is 1.63. The fourth-order valence-electron chi connectivity index (χ4n) is 3.40. The summed E-state index contributed by atoms with van der Waals surface area (Å²) >= 11 is 3.14. The second-order valence-corrected chi connectivity index (χ2v) is 6.72. The van der Waals surface area contributed by atoms with Gasteiger partial charge in [0.15, 0.2) is 0 Å². The van der Waals surface area contributed by atoms with E-state index in [-0.39, 0.29) is 11.5 Å². The molecule has 1 heterocycles. The summed E-state index contributed by atoms with van der Waals surface area (Å²) in [7, 11) is 0. The average Bonchev–Trinajstić information content (AvgIpc) is 3.04. The van der Waals surface area contributed by atoms with Crippen LogP contribution >= 0.6 is 15.9 Å². The summed E-state index contributed by atoms with van der Waals surface area (Å²) in [4.78, 5) is 16.7. The lowest BCUT2D eigenvalue weighted by Gasteiger charge is -2.38. The Morgan fingerprint density at radius 2 is 1.81 bits per heavy atom. The van der Waals surface area contributed by atoms with Gasteiger partial charge in [-0.2, -0.15) is 0 Å². The number of rotatable bonds is 2. The molecule has 21 heavy (non-hydrogen) atoms. The van der Waals surface area contributed by atoms with Crippen LogP contribution in [0.25, 0.3) is 0 Å². The molecule has 2 aliphatic rings. The minimum atomic E-state index is -0.458. The first-order valence-corrected chi connectivity index (χ1v) is 8.43. The fourth-order valence-corrected chi connectivity index (χ4v) is 3.77. The Labute approximate surface area is 133 Å². The Hall–Kier alpha value is -0.940. The highest BCUT2D eigenvalue weighted by Crippen LogP contribution is 2.25. The van der Waals surface area contributed by atoms with Crippen LogP contribution in [0, 0.1) is 5.82 Å². The summed E-state index contributed by atoms with van der Waals surface area (Å²) < 4.78 is 14.4. The van der Waals surface area contributed by atoms with Gasteiger partial charge in [0.05, 0.1) is 10.0 Å². The van der Waals surface area contributed by atoms with E-state index in [9.17, 15) is 9.18 Å². The van der Waals surface area contributed by atoms with E-state index >= 15 is 0 Å². The van der Waals surface area contributed by atoms with Crippen LogP contribution in [0.15, 0.2) is 22.7 Å². The number of carbonyl (C=O) groups is 1. The number of carbonyl (C=O) groups excluding carboxylic acids is 1. The Kier molecular flexibility index (Phi) is 4.60. The number of benzene rings is 1. The number of amides is 1. The Bertz CT molecular complexity index is 523. The summed E-state index contributed by atoms with van der Waals surface area (Å²) in [5.74, 6) is -0.652. The zero-order valence-electron chi connectivity index (χ0n) is 12.0. The molecule has 1 saturated carbocycles. The molecule has 3 rings (SSSR count). The molecule has 1 aliphatic carbocycles. The predicted molar refractivity (Wildman–Crippen MR) is 83.8 cm³/mol. The number of nitrogens with zero attached hydrogens (tertiary/aromatic N) is 2. The van der Waals surface area contributed by atoms with E-state index < -0.39 is 5.82 Å². The lowest BCUT2D eigenvalue weighted by Crippen LogP contribution is -2.51. The lowest BCUT2D eigenvalue weighted by atomic mass is 10.1. The molecule has 1 aliphatic heterocycles. The van der Waals surface area contributed by atoms with E-state index in [1.54, 1.807) is 23.1 Å². The zero-order valence-corrected chi connectivity index (χ0v) is 13.6. The van der Waals surface area contributed by atoms with Gasteiger partial charge in [0.25, 0.3) is 5.91 Å². The van der Waals surface area contributed by atoms with Gasteiger partial charge in [-0.15, -0.1) is 0 Å². The molecular weight excluding hydrogens is 335 g/mol. The molecule has 0 N–H and O–H groups in total. The van der Waals surface area contributed by atoms with Crippen molar-refractivity contribution in [3.8, 4) is 0 Å². The molecule has 0 radical (unpaired) electrons. The highest BCUT2D eigenvalue weighted by Gasteiger charge is 2.29. The monoisotopic (exact) mass is 354 g/mol. The second kappa shape index (κ2) is 6.44. The molecule has 0 unspecified atom stereocenters. The quantitative estimate of drug-likeness (QED) is 0.813. The molecule has 0 aromatic heterocycles. The summed E-state index contributed by atoms with van der Waals surface area (Å²) in [6.07, 6.45) is 5.22. The third-order valence-corrected chi connectivity index (χ3v) is 5.24. The van der Waals surface area contributed by atoms with Gasteiger partial charge in [-0.25, -0.2) is 4.39 Å². The molecule has 1 aromatic rings. The van der Waals surface area contributed by atoms with Crippen LogP contribution in [0.5, 0.6) is 0 Å². The van der Waals surface area contributed by atoms with E-state index in [2.05, 4.69) is 20.8 Å². The maximum atomic E-state index is 14.0. The zero-order chi connectivity index (χ0) is 14.8. The highest BCUT2D eigenvalue weighted by atomic mass is 79.9. The van der Waals surface area contributed by atoms with Crippen LogP contribution in [0.3, 0.4) is 0 Å². The van der Waals surface area contributed by atoms with Gasteiger partial charge in [0.1, 0.15) is 5.82 Å². The third-order valence-electron chi connectivity index (χ3n) is 4.62. The molecule has 0 bridgehead atoms. The first kappa shape index (κ1) is 15.0. The van der Waals surface area contributed by atoms with Crippen LogP contribution in [-0.2, 0) is 0 Å². The molecular formula is C16H20BrFN2O. The van der Waals surface area contributed by atoms with Crippen molar-refractivity contribution in [3.63, 3.8) is 0 Å². The van der Waals surface area contributed by atoms with E-state index in [1.807, 2.05) is 0 Å². The SMILES string of the molecule is O=C(c1cccc(Br)c1F)N1CCN(C2CCCC2)CC1. The molecule has 2 fully saturated rings. The van der Waals surface area contributed by atoms with Crippen molar-refractivity contribution in [1.82, 2.24) is 9.80 Å². The Morgan fingerprint density at radius 1 is 1.14 bits per heavy atom. The van der Waals surface area contributed by atoms with Gasteiger partial charge in [0, 0.05) is 32.2 Å². The first-order chi connectivity index (χ1) is 10.2. The van der Waals surface area contributed by atoms with Crippen LogP contribution < -0.4 is 0 Å². The number of piperazine rings is 1. The van der Waals surface area contributed by atoms with Gasteiger partial charge in [-0.3, -0.25) is 9.69 Å². The maximum absolute atomic E-state index is 14.0. The summed E-state index contributed by atoms with van der Waals surface area (Å²) in [5, 5.41) is 0. The molecule has 0 spiro atoms. The number of halogens is 2. The van der Waals surface area contributed by atoms with Crippen molar-refractivity contribution < 1.29 is 9.18 Å². The second-order valence-electron chi connectivity index (χ2n) is 5.87. The largest absolute Gasteiger partial charge is 0.336 e. The Morgan fingerprint density at radius 3 is 2.48 bits per heavy atom. The van der Waals surface area contributed by atoms with Crippen molar-refractivity contribution in [1.29, 1.82) is 0 Å². The molecule has 3 nitrogen and oxygen atoms in total. The van der Waals surface area contributed by atoms with Gasteiger partial charge in [-0.1, -0.05) is 18.9 Å². The smallest absolute Gasteiger partial charge is 0.256 e. The van der Waals surface area contributed by atoms with Crippen molar-refractivity contribution >= 4 is 21.8 Å². The predicted octanol–water partition coefficient (Wildman–Crippen LogP) is 3.29. The van der Waals surface area contributed by atoms with E-state index in [1.165, 1.54) is 25.7 Å². The summed E-state index contributed by atoms with van der Waals surface area (Å²) in [5.41, 5.74) is 0.165. The van der Waals surface area contributed by atoms with E-state index in [4.69, 9.17) is 0 Å². The molecule has 0 atom stereocenters. The van der Waals surface area contributed by atoms with Crippen molar-refractivity contribution in [2.45, 2.75) is 31.7 Å². The lowest BCUT2D eigenvalue weighted by molar-refractivity contribution is 0.0569. The average molecular weight is 355 g/mol. The molecule has 1 aromatic carbocycles. The van der Waals surface area contributed by atoms with Crippen LogP contribution in [0.2, 0.25) is 0 Å². The standard InChI is InChI=1S/C16H20BrFN2O/c17-14-7-3-6-13(15(14)18)16(21)20-10-8-19(9-11-20)12-4-1-2-5-12/h3,6-7,12H,1-2,4-5,8-11H2. The molecule has 114 valence electrons. The van der Waals surface area contributed by atoms with Gasteiger partial charge in [0.2, 0.25) is 0 Å². The molecule has 5 heteroatoms. The number of hydrogen-bond acceptors (Lipinski definition) is 2. The number of hydrogen-bond donors (Lipinski definition) is 0. The normalized spacial score (nSPS) is 21.0. The van der Waals surface area contributed by atoms with Crippen LogP contribution in [-0.4, -0.2) is 47.9 Å². The van der Waals surface area contributed by atoms with Crippen LogP contribution in [0.4, 0.5) is 4.39 Å². The van der Waals surface area contributed by atoms with E-state index in [0.717, 1.165) is 13.1 Å². The maximum Gasteiger partial charge on any atom is 0.256 e. The fraction of sp³-hybridized carbons (Fsp3) is 0.562. The first-order valence-electron chi connectivity index (χ1n) is 7.64. The minimum Gasteiger partial charge on any atom is -0.336 e. The van der Waals surface area contributed by atoms with E-state index in [0.29, 0.717) is 23.6 Å². The van der Waals surface area contributed by atoms with Crippen molar-refractivity contribution in [2.24, 2.45) is 0 Å². The van der Waals surface area contributed by atoms with Crippen molar-refractivity contribution in [3.05, 3.63) is 34.1 Å². The van der Waals surface area contributed by atoms with Crippen LogP contribution in [0.1, 0.15) is 36.0 Å². The highest BCUT2D eigenvalue weighted by molar-refractivity contribution is 9.10. The summed E-state index contributed by atoms with van der Waals surface area (Å²) in [6, 6.07) is 5.58. The summed E-state index contributed by atoms with van der Waals surface area (Å²) in [6.45, 7) is 3.21.